The maximum atomic E-state index is 12.7. The van der Waals surface area contributed by atoms with E-state index in [-0.39, 0.29) is 12.5 Å². The van der Waals surface area contributed by atoms with Crippen LogP contribution in [-0.4, -0.2) is 34.7 Å². The number of pyridine rings is 1. The fourth-order valence-corrected chi connectivity index (χ4v) is 3.35. The van der Waals surface area contributed by atoms with Gasteiger partial charge >= 0.3 is 0 Å². The zero-order valence-corrected chi connectivity index (χ0v) is 17.3. The van der Waals surface area contributed by atoms with Crippen LogP contribution in [0.1, 0.15) is 27.3 Å². The summed E-state index contributed by atoms with van der Waals surface area (Å²) >= 11 is 0. The van der Waals surface area contributed by atoms with Crippen LogP contribution in [0.2, 0.25) is 0 Å². The Kier molecular flexibility index (Phi) is 7.17. The number of hydrogen-bond donors (Lipinski definition) is 4. The lowest BCUT2D eigenvalue weighted by Crippen LogP contribution is -2.47. The minimum atomic E-state index is -0.826. The van der Waals surface area contributed by atoms with Crippen molar-refractivity contribution in [1.82, 2.24) is 10.3 Å². The predicted molar refractivity (Wildman–Crippen MR) is 120 cm³/mol. The van der Waals surface area contributed by atoms with Crippen molar-refractivity contribution in [2.75, 3.05) is 11.9 Å². The van der Waals surface area contributed by atoms with E-state index in [1.807, 2.05) is 68.4 Å². The highest BCUT2D eigenvalue weighted by Gasteiger charge is 2.21. The number of amides is 1. The van der Waals surface area contributed by atoms with Crippen LogP contribution < -0.4 is 16.4 Å². The van der Waals surface area contributed by atoms with Crippen LogP contribution in [0.25, 0.3) is 0 Å². The molecule has 0 aliphatic rings. The zero-order valence-electron chi connectivity index (χ0n) is 17.3. The van der Waals surface area contributed by atoms with Crippen molar-refractivity contribution in [3.63, 3.8) is 0 Å². The summed E-state index contributed by atoms with van der Waals surface area (Å²) in [4.78, 5) is 17.1. The van der Waals surface area contributed by atoms with Gasteiger partial charge in [0.15, 0.2) is 0 Å². The monoisotopic (exact) mass is 404 g/mol. The number of benzene rings is 2. The van der Waals surface area contributed by atoms with E-state index in [2.05, 4.69) is 15.6 Å². The molecule has 0 radical (unpaired) electrons. The Bertz CT molecular complexity index is 954. The summed E-state index contributed by atoms with van der Waals surface area (Å²) in [5.74, 6) is -0.245. The number of rotatable bonds is 8. The number of nitrogens with one attached hydrogen (secondary N) is 2. The van der Waals surface area contributed by atoms with Crippen LogP contribution in [0.15, 0.2) is 66.7 Å². The number of anilines is 2. The number of aryl methyl sites for hydroxylation is 2. The minimum absolute atomic E-state index is 0.0748. The number of nitrogens with two attached hydrogens (primary N) is 1. The van der Waals surface area contributed by atoms with Gasteiger partial charge in [0, 0.05) is 34.9 Å². The molecule has 0 bridgehead atoms. The maximum absolute atomic E-state index is 12.7. The van der Waals surface area contributed by atoms with Crippen molar-refractivity contribution >= 4 is 17.3 Å². The first-order valence-electron chi connectivity index (χ1n) is 10.00. The molecule has 0 spiro atoms. The van der Waals surface area contributed by atoms with Crippen LogP contribution in [0.4, 0.5) is 11.4 Å². The molecular formula is C24H28N4O2. The first kappa shape index (κ1) is 21.5. The highest BCUT2D eigenvalue weighted by atomic mass is 16.3. The average molecular weight is 405 g/mol. The Hall–Kier alpha value is -3.22. The summed E-state index contributed by atoms with van der Waals surface area (Å²) in [5, 5.41) is 16.5. The highest BCUT2D eigenvalue weighted by Crippen LogP contribution is 2.19. The molecule has 0 unspecified atom stereocenters. The van der Waals surface area contributed by atoms with Crippen LogP contribution >= 0.6 is 0 Å². The quantitative estimate of drug-likeness (QED) is 0.462. The summed E-state index contributed by atoms with van der Waals surface area (Å²) in [6, 6.07) is 20.4. The molecule has 3 aromatic rings. The smallest absolute Gasteiger partial charge is 0.251 e. The van der Waals surface area contributed by atoms with E-state index in [4.69, 9.17) is 5.73 Å². The number of nitrogens with zero attached hydrogens (tertiary/aromatic N) is 1. The van der Waals surface area contributed by atoms with Crippen molar-refractivity contribution in [2.24, 2.45) is 5.73 Å². The van der Waals surface area contributed by atoms with E-state index in [0.717, 1.165) is 28.3 Å². The molecule has 156 valence electrons. The van der Waals surface area contributed by atoms with E-state index in [9.17, 15) is 9.90 Å². The van der Waals surface area contributed by atoms with E-state index in [0.29, 0.717) is 12.0 Å². The maximum Gasteiger partial charge on any atom is 0.251 e. The third-order valence-electron chi connectivity index (χ3n) is 4.84. The highest BCUT2D eigenvalue weighted by molar-refractivity contribution is 5.94. The molecule has 5 N–H and O–H groups in total. The molecule has 0 saturated heterocycles. The van der Waals surface area contributed by atoms with Crippen LogP contribution in [0, 0.1) is 13.8 Å². The van der Waals surface area contributed by atoms with Gasteiger partial charge < -0.3 is 21.5 Å². The fraction of sp³-hybridized carbons (Fsp3) is 0.250. The van der Waals surface area contributed by atoms with Gasteiger partial charge in [-0.2, -0.15) is 0 Å². The number of carbonyl (C=O) groups excluding carboxylic acids is 1. The second-order valence-corrected chi connectivity index (χ2v) is 7.41. The van der Waals surface area contributed by atoms with Gasteiger partial charge in [-0.1, -0.05) is 30.3 Å². The second-order valence-electron chi connectivity index (χ2n) is 7.41. The summed E-state index contributed by atoms with van der Waals surface area (Å²) in [5.41, 5.74) is 10.9. The van der Waals surface area contributed by atoms with Gasteiger partial charge in [0.2, 0.25) is 0 Å². The third kappa shape index (κ3) is 5.89. The number of hydrogen-bond acceptors (Lipinski definition) is 5. The van der Waals surface area contributed by atoms with Gasteiger partial charge in [0.25, 0.3) is 5.91 Å². The topological polar surface area (TPSA) is 100 Å². The Balaban J connectivity index is 1.67. The standard InChI is InChI=1S/C24H28N4O2/c1-16-12-21(13-17(2)26-16)27-20-10-8-19(9-11-20)24(30)28-22(23(29)15-25)14-18-6-4-3-5-7-18/h3-13,22-23,29H,14-15,25H2,1-2H3,(H,26,27)(H,28,30)/t22-,23+/m0/s1. The zero-order chi connectivity index (χ0) is 21.5. The molecule has 0 fully saturated rings. The lowest BCUT2D eigenvalue weighted by Gasteiger charge is -2.23. The summed E-state index contributed by atoms with van der Waals surface area (Å²) < 4.78 is 0. The molecule has 0 aliphatic heterocycles. The Morgan fingerprint density at radius 3 is 2.23 bits per heavy atom. The van der Waals surface area contributed by atoms with E-state index >= 15 is 0 Å². The largest absolute Gasteiger partial charge is 0.390 e. The molecule has 1 heterocycles. The average Bonchev–Trinajstić information content (AvgIpc) is 2.73. The Morgan fingerprint density at radius 1 is 1.00 bits per heavy atom. The van der Waals surface area contributed by atoms with Gasteiger partial charge in [-0.15, -0.1) is 0 Å². The number of aliphatic hydroxyl groups excluding tert-OH is 1. The Labute approximate surface area is 177 Å². The summed E-state index contributed by atoms with van der Waals surface area (Å²) in [6.07, 6.45) is -0.320. The van der Waals surface area contributed by atoms with Gasteiger partial charge in [-0.3, -0.25) is 9.78 Å². The minimum Gasteiger partial charge on any atom is -0.390 e. The van der Waals surface area contributed by atoms with E-state index in [1.54, 1.807) is 12.1 Å². The number of aliphatic hydroxyl groups is 1. The van der Waals surface area contributed by atoms with E-state index < -0.39 is 12.1 Å². The number of aromatic nitrogens is 1. The first-order chi connectivity index (χ1) is 14.4. The van der Waals surface area contributed by atoms with Crippen molar-refractivity contribution in [1.29, 1.82) is 0 Å². The first-order valence-corrected chi connectivity index (χ1v) is 10.00. The molecule has 2 atom stereocenters. The summed E-state index contributed by atoms with van der Waals surface area (Å²) in [7, 11) is 0. The van der Waals surface area contributed by atoms with Gasteiger partial charge in [0.05, 0.1) is 12.1 Å². The molecular weight excluding hydrogens is 376 g/mol. The van der Waals surface area contributed by atoms with E-state index in [1.165, 1.54) is 0 Å². The molecule has 0 aliphatic carbocycles. The van der Waals surface area contributed by atoms with Gasteiger partial charge in [-0.25, -0.2) is 0 Å². The SMILES string of the molecule is Cc1cc(Nc2ccc(C(=O)N[C@@H](Cc3ccccc3)[C@H](O)CN)cc2)cc(C)n1. The third-order valence-corrected chi connectivity index (χ3v) is 4.84. The Morgan fingerprint density at radius 2 is 1.63 bits per heavy atom. The lowest BCUT2D eigenvalue weighted by molar-refractivity contribution is 0.0845. The molecule has 3 rings (SSSR count). The summed E-state index contributed by atoms with van der Waals surface area (Å²) in [6.45, 7) is 3.98. The fourth-order valence-electron chi connectivity index (χ4n) is 3.35. The molecule has 1 amide bonds. The second kappa shape index (κ2) is 10.0. The molecule has 1 aromatic heterocycles. The molecule has 6 nitrogen and oxygen atoms in total. The van der Waals surface area contributed by atoms with Crippen molar-refractivity contribution in [3.8, 4) is 0 Å². The molecule has 30 heavy (non-hydrogen) atoms. The molecule has 2 aromatic carbocycles. The van der Waals surface area contributed by atoms with Crippen LogP contribution in [0.3, 0.4) is 0 Å². The van der Waals surface area contributed by atoms with Gasteiger partial charge in [-0.05, 0) is 62.2 Å². The molecule has 0 saturated carbocycles. The number of carbonyl (C=O) groups is 1. The normalized spacial score (nSPS) is 12.8. The van der Waals surface area contributed by atoms with Crippen LogP contribution in [-0.2, 0) is 6.42 Å². The molecule has 6 heteroatoms. The van der Waals surface area contributed by atoms with Crippen molar-refractivity contribution in [2.45, 2.75) is 32.4 Å². The van der Waals surface area contributed by atoms with Crippen molar-refractivity contribution in [3.05, 3.63) is 89.2 Å². The van der Waals surface area contributed by atoms with Gasteiger partial charge in [0.1, 0.15) is 0 Å². The van der Waals surface area contributed by atoms with Crippen molar-refractivity contribution < 1.29 is 9.90 Å². The lowest BCUT2D eigenvalue weighted by atomic mass is 10.0. The predicted octanol–water partition coefficient (Wildman–Crippen LogP) is 3.10. The van der Waals surface area contributed by atoms with Crippen LogP contribution in [0.5, 0.6) is 0 Å².